The van der Waals surface area contributed by atoms with E-state index in [1.807, 2.05) is 0 Å². The lowest BCUT2D eigenvalue weighted by Crippen LogP contribution is -2.11. The Kier molecular flexibility index (Phi) is 1.84. The van der Waals surface area contributed by atoms with Gasteiger partial charge in [-0.05, 0) is 18.8 Å². The second-order valence-corrected chi connectivity index (χ2v) is 4.08. The molecular weight excluding hydrogens is 172 g/mol. The predicted molar refractivity (Wildman–Crippen MR) is 47.1 cm³/mol. The van der Waals surface area contributed by atoms with E-state index in [1.54, 1.807) is 5.38 Å². The second kappa shape index (κ2) is 2.86. The number of hydrogen-bond acceptors (Lipinski definition) is 3. The van der Waals surface area contributed by atoms with Gasteiger partial charge in [-0.2, -0.15) is 0 Å². The summed E-state index contributed by atoms with van der Waals surface area (Å²) < 4.78 is 0. The number of carbonyl (C=O) groups is 1. The smallest absolute Gasteiger partial charge is 0.268 e. The Labute approximate surface area is 74.6 Å². The first-order valence-electron chi connectivity index (χ1n) is 4.00. The van der Waals surface area contributed by atoms with Crippen LogP contribution in [0.4, 0.5) is 0 Å². The molecule has 1 saturated carbocycles. The van der Waals surface area contributed by atoms with E-state index in [4.69, 9.17) is 5.73 Å². The maximum absolute atomic E-state index is 10.7. The first-order chi connectivity index (χ1) is 5.75. The van der Waals surface area contributed by atoms with Crippen molar-refractivity contribution in [1.29, 1.82) is 0 Å². The molecule has 0 spiro atoms. The van der Waals surface area contributed by atoms with Crippen LogP contribution in [0.25, 0.3) is 0 Å². The van der Waals surface area contributed by atoms with E-state index in [0.717, 1.165) is 17.3 Å². The van der Waals surface area contributed by atoms with Crippen LogP contribution in [-0.4, -0.2) is 10.9 Å². The summed E-state index contributed by atoms with van der Waals surface area (Å²) in [5, 5.41) is 2.78. The van der Waals surface area contributed by atoms with Crippen LogP contribution in [0.15, 0.2) is 5.38 Å². The van der Waals surface area contributed by atoms with Crippen molar-refractivity contribution in [2.45, 2.75) is 19.3 Å². The van der Waals surface area contributed by atoms with Crippen molar-refractivity contribution in [3.8, 4) is 0 Å². The molecule has 0 bridgehead atoms. The highest BCUT2D eigenvalue weighted by Crippen LogP contribution is 2.33. The van der Waals surface area contributed by atoms with Crippen LogP contribution in [-0.2, 0) is 6.42 Å². The SMILES string of the molecule is NC(=O)c1csc(CC2CC2)n1. The molecule has 0 aliphatic heterocycles. The highest BCUT2D eigenvalue weighted by molar-refractivity contribution is 7.09. The lowest BCUT2D eigenvalue weighted by molar-refractivity contribution is 0.0996. The second-order valence-electron chi connectivity index (χ2n) is 3.14. The number of hydrogen-bond donors (Lipinski definition) is 1. The van der Waals surface area contributed by atoms with Crippen molar-refractivity contribution in [3.05, 3.63) is 16.1 Å². The van der Waals surface area contributed by atoms with Crippen LogP contribution in [0.3, 0.4) is 0 Å². The summed E-state index contributed by atoms with van der Waals surface area (Å²) in [6, 6.07) is 0. The topological polar surface area (TPSA) is 56.0 Å². The summed E-state index contributed by atoms with van der Waals surface area (Å²) in [7, 11) is 0. The molecule has 1 fully saturated rings. The number of amides is 1. The van der Waals surface area contributed by atoms with Gasteiger partial charge in [0.2, 0.25) is 0 Å². The van der Waals surface area contributed by atoms with E-state index in [0.29, 0.717) is 5.69 Å². The Bertz CT molecular complexity index is 304. The first kappa shape index (κ1) is 7.73. The van der Waals surface area contributed by atoms with Gasteiger partial charge < -0.3 is 5.73 Å². The summed E-state index contributed by atoms with van der Waals surface area (Å²) >= 11 is 1.53. The van der Waals surface area contributed by atoms with E-state index in [9.17, 15) is 4.79 Å². The first-order valence-corrected chi connectivity index (χ1v) is 4.88. The quantitative estimate of drug-likeness (QED) is 0.763. The molecule has 64 valence electrons. The molecule has 1 heterocycles. The van der Waals surface area contributed by atoms with Gasteiger partial charge in [0, 0.05) is 11.8 Å². The third-order valence-electron chi connectivity index (χ3n) is 1.96. The van der Waals surface area contributed by atoms with Crippen molar-refractivity contribution < 1.29 is 4.79 Å². The maximum atomic E-state index is 10.7. The normalized spacial score (nSPS) is 16.3. The zero-order chi connectivity index (χ0) is 8.55. The molecule has 0 unspecified atom stereocenters. The molecule has 12 heavy (non-hydrogen) atoms. The standard InChI is InChI=1S/C8H10N2OS/c9-8(11)6-4-12-7(10-6)3-5-1-2-5/h4-5H,1-3H2,(H2,9,11). The molecule has 1 amide bonds. The fraction of sp³-hybridized carbons (Fsp3) is 0.500. The van der Waals surface area contributed by atoms with Crippen LogP contribution in [0.2, 0.25) is 0 Å². The van der Waals surface area contributed by atoms with Gasteiger partial charge in [-0.3, -0.25) is 4.79 Å². The predicted octanol–water partition coefficient (Wildman–Crippen LogP) is 1.19. The molecule has 2 N–H and O–H groups in total. The Morgan fingerprint density at radius 3 is 3.00 bits per heavy atom. The fourth-order valence-corrected chi connectivity index (χ4v) is 1.99. The van der Waals surface area contributed by atoms with Crippen LogP contribution in [0.5, 0.6) is 0 Å². The number of primary amides is 1. The van der Waals surface area contributed by atoms with Crippen molar-refractivity contribution in [1.82, 2.24) is 4.98 Å². The van der Waals surface area contributed by atoms with E-state index >= 15 is 0 Å². The number of rotatable bonds is 3. The van der Waals surface area contributed by atoms with Gasteiger partial charge >= 0.3 is 0 Å². The average Bonchev–Trinajstić information content (AvgIpc) is 2.66. The molecule has 0 saturated heterocycles. The Morgan fingerprint density at radius 1 is 1.75 bits per heavy atom. The third kappa shape index (κ3) is 1.64. The maximum Gasteiger partial charge on any atom is 0.268 e. The summed E-state index contributed by atoms with van der Waals surface area (Å²) in [6.45, 7) is 0. The minimum atomic E-state index is -0.423. The van der Waals surface area contributed by atoms with E-state index in [-0.39, 0.29) is 0 Å². The Hall–Kier alpha value is -0.900. The van der Waals surface area contributed by atoms with Crippen LogP contribution < -0.4 is 5.73 Å². The molecule has 0 aromatic carbocycles. The Balaban J connectivity index is 2.06. The van der Waals surface area contributed by atoms with Gasteiger partial charge in [0.05, 0.1) is 5.01 Å². The number of aromatic nitrogens is 1. The minimum absolute atomic E-state index is 0.413. The van der Waals surface area contributed by atoms with E-state index in [2.05, 4.69) is 4.98 Å². The zero-order valence-electron chi connectivity index (χ0n) is 6.62. The summed E-state index contributed by atoms with van der Waals surface area (Å²) in [6.07, 6.45) is 3.65. The van der Waals surface area contributed by atoms with Gasteiger partial charge in [-0.15, -0.1) is 11.3 Å². The van der Waals surface area contributed by atoms with Crippen molar-refractivity contribution in [2.24, 2.45) is 11.7 Å². The molecule has 2 rings (SSSR count). The molecule has 0 atom stereocenters. The molecular formula is C8H10N2OS. The van der Waals surface area contributed by atoms with Gasteiger partial charge in [-0.1, -0.05) is 0 Å². The van der Waals surface area contributed by atoms with Crippen LogP contribution in [0, 0.1) is 5.92 Å². The molecule has 1 aliphatic carbocycles. The van der Waals surface area contributed by atoms with Gasteiger partial charge in [0.1, 0.15) is 5.69 Å². The van der Waals surface area contributed by atoms with Gasteiger partial charge in [-0.25, -0.2) is 4.98 Å². The molecule has 4 heteroatoms. The monoisotopic (exact) mass is 182 g/mol. The van der Waals surface area contributed by atoms with Crippen molar-refractivity contribution in [2.75, 3.05) is 0 Å². The lowest BCUT2D eigenvalue weighted by Gasteiger charge is -1.89. The zero-order valence-corrected chi connectivity index (χ0v) is 7.43. The highest BCUT2D eigenvalue weighted by atomic mass is 32.1. The van der Waals surface area contributed by atoms with E-state index < -0.39 is 5.91 Å². The number of thiazole rings is 1. The summed E-state index contributed by atoms with van der Waals surface area (Å²) in [4.78, 5) is 14.8. The van der Waals surface area contributed by atoms with Gasteiger partial charge in [0.15, 0.2) is 0 Å². The number of carbonyl (C=O) groups excluding carboxylic acids is 1. The Morgan fingerprint density at radius 2 is 2.50 bits per heavy atom. The molecule has 1 aromatic heterocycles. The average molecular weight is 182 g/mol. The number of nitrogens with zero attached hydrogens (tertiary/aromatic N) is 1. The summed E-state index contributed by atoms with van der Waals surface area (Å²) in [5.41, 5.74) is 5.49. The highest BCUT2D eigenvalue weighted by Gasteiger charge is 2.23. The molecule has 1 aromatic rings. The van der Waals surface area contributed by atoms with Crippen molar-refractivity contribution >= 4 is 17.2 Å². The summed E-state index contributed by atoms with van der Waals surface area (Å²) in [5.74, 6) is 0.394. The molecule has 0 radical (unpaired) electrons. The minimum Gasteiger partial charge on any atom is -0.364 e. The lowest BCUT2D eigenvalue weighted by atomic mass is 10.3. The van der Waals surface area contributed by atoms with Gasteiger partial charge in [0.25, 0.3) is 5.91 Å². The van der Waals surface area contributed by atoms with Crippen LogP contribution in [0.1, 0.15) is 28.3 Å². The number of nitrogens with two attached hydrogens (primary N) is 1. The fourth-order valence-electron chi connectivity index (χ4n) is 1.09. The van der Waals surface area contributed by atoms with E-state index in [1.165, 1.54) is 24.2 Å². The molecule has 1 aliphatic rings. The van der Waals surface area contributed by atoms with Crippen LogP contribution >= 0.6 is 11.3 Å². The molecule has 3 nitrogen and oxygen atoms in total. The third-order valence-corrected chi connectivity index (χ3v) is 2.84. The largest absolute Gasteiger partial charge is 0.364 e. The van der Waals surface area contributed by atoms with Crippen molar-refractivity contribution in [3.63, 3.8) is 0 Å².